The van der Waals surface area contributed by atoms with Crippen molar-refractivity contribution in [1.82, 2.24) is 14.9 Å². The van der Waals surface area contributed by atoms with E-state index >= 15 is 0 Å². The van der Waals surface area contributed by atoms with Crippen LogP contribution in [-0.4, -0.2) is 26.0 Å². The second-order valence-corrected chi connectivity index (χ2v) is 7.25. The maximum atomic E-state index is 13.4. The first-order chi connectivity index (χ1) is 13.2. The molecule has 8 heteroatoms. The molecule has 6 nitrogen and oxygen atoms in total. The Morgan fingerprint density at radius 1 is 1.19 bits per heavy atom. The zero-order valence-electron chi connectivity index (χ0n) is 14.6. The van der Waals surface area contributed by atoms with E-state index in [-0.39, 0.29) is 17.8 Å². The molecule has 0 saturated heterocycles. The number of fused-ring (bicyclic) bond motifs is 1. The van der Waals surface area contributed by atoms with Gasteiger partial charge in [-0.15, -0.1) is 10.2 Å². The molecule has 2 atom stereocenters. The highest BCUT2D eigenvalue weighted by molar-refractivity contribution is 8.00. The number of rotatable bonds is 4. The number of carbonyl (C=O) groups excluding carboxylic acids is 1. The summed E-state index contributed by atoms with van der Waals surface area (Å²) in [6.07, 6.45) is 0.706. The van der Waals surface area contributed by atoms with Crippen LogP contribution < -0.4 is 10.7 Å². The predicted octanol–water partition coefficient (Wildman–Crippen LogP) is 3.38. The molecular formula is C19H18FN5OS. The van der Waals surface area contributed by atoms with E-state index in [1.165, 1.54) is 23.9 Å². The molecule has 1 aliphatic heterocycles. The third-order valence-electron chi connectivity index (χ3n) is 4.35. The minimum atomic E-state index is -0.489. The van der Waals surface area contributed by atoms with Gasteiger partial charge in [-0.05, 0) is 29.8 Å². The molecule has 3 aromatic rings. The van der Waals surface area contributed by atoms with Crippen molar-refractivity contribution in [1.29, 1.82) is 0 Å². The molecule has 4 rings (SSSR count). The van der Waals surface area contributed by atoms with Gasteiger partial charge in [0.15, 0.2) is 5.82 Å². The standard InChI is InChI=1S/C19H18FN5OS/c1-2-15-22-23-19-25(15)24-16(12-8-10-13(20)11-9-12)17(27-19)18(26)21-14-6-4-3-5-7-14/h3-11,16-17,24H,2H2,1H3,(H,21,26)/t16-,17+/m1/s1. The summed E-state index contributed by atoms with van der Waals surface area (Å²) in [5.41, 5.74) is 4.88. The number of amides is 1. The van der Waals surface area contributed by atoms with Gasteiger partial charge in [0.1, 0.15) is 11.1 Å². The van der Waals surface area contributed by atoms with Crippen LogP contribution in [0.4, 0.5) is 10.1 Å². The SMILES string of the molecule is CCc1nnc2n1N[C@H](c1ccc(F)cc1)[C@@H](C(=O)Nc1ccccc1)S2. The molecule has 0 fully saturated rings. The van der Waals surface area contributed by atoms with Crippen LogP contribution in [0, 0.1) is 5.82 Å². The van der Waals surface area contributed by atoms with E-state index in [1.807, 2.05) is 41.9 Å². The van der Waals surface area contributed by atoms with Gasteiger partial charge >= 0.3 is 0 Å². The fourth-order valence-electron chi connectivity index (χ4n) is 2.98. The predicted molar refractivity (Wildman–Crippen MR) is 103 cm³/mol. The molecule has 138 valence electrons. The summed E-state index contributed by atoms with van der Waals surface area (Å²) in [4.78, 5) is 13.0. The normalized spacial score (nSPS) is 18.4. The van der Waals surface area contributed by atoms with Gasteiger partial charge in [-0.3, -0.25) is 4.79 Å². The Bertz CT molecular complexity index is 944. The molecule has 0 radical (unpaired) electrons. The smallest absolute Gasteiger partial charge is 0.240 e. The molecule has 27 heavy (non-hydrogen) atoms. The van der Waals surface area contributed by atoms with E-state index in [0.29, 0.717) is 11.6 Å². The third-order valence-corrected chi connectivity index (χ3v) is 5.56. The molecule has 0 saturated carbocycles. The Morgan fingerprint density at radius 3 is 2.63 bits per heavy atom. The van der Waals surface area contributed by atoms with E-state index in [2.05, 4.69) is 20.9 Å². The van der Waals surface area contributed by atoms with Crippen molar-refractivity contribution in [3.63, 3.8) is 0 Å². The van der Waals surface area contributed by atoms with Crippen LogP contribution in [0.25, 0.3) is 0 Å². The lowest BCUT2D eigenvalue weighted by Gasteiger charge is -2.33. The summed E-state index contributed by atoms with van der Waals surface area (Å²) in [5.74, 6) is 0.318. The summed E-state index contributed by atoms with van der Waals surface area (Å²) in [5, 5.41) is 11.4. The number of benzene rings is 2. The number of hydrogen-bond acceptors (Lipinski definition) is 5. The van der Waals surface area contributed by atoms with Crippen molar-refractivity contribution in [2.75, 3.05) is 10.7 Å². The summed E-state index contributed by atoms with van der Waals surface area (Å²) in [7, 11) is 0. The minimum Gasteiger partial charge on any atom is -0.325 e. The highest BCUT2D eigenvalue weighted by Gasteiger charge is 2.37. The van der Waals surface area contributed by atoms with Crippen molar-refractivity contribution in [2.45, 2.75) is 29.8 Å². The topological polar surface area (TPSA) is 71.8 Å². The first-order valence-electron chi connectivity index (χ1n) is 8.64. The number of aromatic nitrogens is 3. The molecule has 0 bridgehead atoms. The molecule has 1 aromatic heterocycles. The Kier molecular flexibility index (Phi) is 4.81. The van der Waals surface area contributed by atoms with Gasteiger partial charge in [0.25, 0.3) is 0 Å². The Hall–Kier alpha value is -2.87. The van der Waals surface area contributed by atoms with Gasteiger partial charge in [-0.1, -0.05) is 49.0 Å². The zero-order chi connectivity index (χ0) is 18.8. The van der Waals surface area contributed by atoms with Crippen LogP contribution in [0.15, 0.2) is 59.8 Å². The lowest BCUT2D eigenvalue weighted by molar-refractivity contribution is -0.116. The number of halogens is 1. The number of anilines is 1. The quantitative estimate of drug-likeness (QED) is 0.723. The van der Waals surface area contributed by atoms with Crippen LogP contribution in [0.2, 0.25) is 0 Å². The van der Waals surface area contributed by atoms with Crippen molar-refractivity contribution >= 4 is 23.4 Å². The van der Waals surface area contributed by atoms with E-state index in [1.54, 1.807) is 12.1 Å². The number of thioether (sulfide) groups is 1. The van der Waals surface area contributed by atoms with Gasteiger partial charge in [0.05, 0.1) is 6.04 Å². The lowest BCUT2D eigenvalue weighted by Crippen LogP contribution is -2.41. The molecular weight excluding hydrogens is 365 g/mol. The van der Waals surface area contributed by atoms with Gasteiger partial charge < -0.3 is 10.7 Å². The number of para-hydroxylation sites is 1. The highest BCUT2D eigenvalue weighted by Crippen LogP contribution is 2.37. The summed E-state index contributed by atoms with van der Waals surface area (Å²) in [6.45, 7) is 1.99. The molecule has 2 N–H and O–H groups in total. The summed E-state index contributed by atoms with van der Waals surface area (Å²) in [6, 6.07) is 15.1. The largest absolute Gasteiger partial charge is 0.325 e. The maximum absolute atomic E-state index is 13.4. The van der Waals surface area contributed by atoms with Crippen molar-refractivity contribution in [2.24, 2.45) is 0 Å². The molecule has 1 aliphatic rings. The molecule has 0 spiro atoms. The second kappa shape index (κ2) is 7.40. The highest BCUT2D eigenvalue weighted by atomic mass is 32.2. The number of aryl methyl sites for hydroxylation is 1. The van der Waals surface area contributed by atoms with Crippen molar-refractivity contribution in [3.05, 3.63) is 71.8 Å². The van der Waals surface area contributed by atoms with Gasteiger partial charge in [-0.25, -0.2) is 9.07 Å². The molecule has 1 amide bonds. The monoisotopic (exact) mass is 383 g/mol. The van der Waals surface area contributed by atoms with Crippen LogP contribution in [0.1, 0.15) is 24.4 Å². The number of nitrogens with one attached hydrogen (secondary N) is 2. The molecule has 0 aliphatic carbocycles. The van der Waals surface area contributed by atoms with Crippen LogP contribution >= 0.6 is 11.8 Å². The van der Waals surface area contributed by atoms with Crippen molar-refractivity contribution < 1.29 is 9.18 Å². The number of nitrogens with zero attached hydrogens (tertiary/aromatic N) is 3. The number of hydrogen-bond donors (Lipinski definition) is 2. The number of carbonyl (C=O) groups is 1. The minimum absolute atomic E-state index is 0.152. The summed E-state index contributed by atoms with van der Waals surface area (Å²) >= 11 is 1.35. The molecule has 2 aromatic carbocycles. The van der Waals surface area contributed by atoms with E-state index < -0.39 is 5.25 Å². The first-order valence-corrected chi connectivity index (χ1v) is 9.52. The van der Waals surface area contributed by atoms with Crippen molar-refractivity contribution in [3.8, 4) is 0 Å². The molecule has 0 unspecified atom stereocenters. The van der Waals surface area contributed by atoms with Gasteiger partial charge in [0, 0.05) is 12.1 Å². The first kappa shape index (κ1) is 17.5. The van der Waals surface area contributed by atoms with Crippen LogP contribution in [-0.2, 0) is 11.2 Å². The van der Waals surface area contributed by atoms with Crippen LogP contribution in [0.5, 0.6) is 0 Å². The maximum Gasteiger partial charge on any atom is 0.240 e. The third kappa shape index (κ3) is 3.52. The van der Waals surface area contributed by atoms with Gasteiger partial charge in [-0.2, -0.15) is 0 Å². The second-order valence-electron chi connectivity index (χ2n) is 6.14. The average molecular weight is 383 g/mol. The summed E-state index contributed by atoms with van der Waals surface area (Å²) < 4.78 is 15.2. The Labute approximate surface area is 160 Å². The fourth-order valence-corrected chi connectivity index (χ4v) is 4.08. The van der Waals surface area contributed by atoms with E-state index in [9.17, 15) is 9.18 Å². The van der Waals surface area contributed by atoms with E-state index in [4.69, 9.17) is 0 Å². The van der Waals surface area contributed by atoms with E-state index in [0.717, 1.165) is 17.1 Å². The fraction of sp³-hybridized carbons (Fsp3) is 0.211. The molecule has 2 heterocycles. The van der Waals surface area contributed by atoms with Crippen LogP contribution in [0.3, 0.4) is 0 Å². The lowest BCUT2D eigenvalue weighted by atomic mass is 10.0. The van der Waals surface area contributed by atoms with Gasteiger partial charge in [0.2, 0.25) is 11.1 Å². The zero-order valence-corrected chi connectivity index (χ0v) is 15.4. The average Bonchev–Trinajstić information content (AvgIpc) is 3.10. The Balaban J connectivity index is 1.67. The Morgan fingerprint density at radius 2 is 1.93 bits per heavy atom.